The first kappa shape index (κ1) is 14.3. The number of carbonyl (C=O) groups excluding carboxylic acids is 2. The molecule has 0 spiro atoms. The number of morpholine rings is 1. The van der Waals surface area contributed by atoms with E-state index in [9.17, 15) is 9.59 Å². The number of likely N-dealkylation sites (tertiary alicyclic amines) is 1. The van der Waals surface area contributed by atoms with Crippen LogP contribution in [-0.4, -0.2) is 54.6 Å². The van der Waals surface area contributed by atoms with Gasteiger partial charge >= 0.3 is 0 Å². The second-order valence-corrected chi connectivity index (χ2v) is 5.74. The van der Waals surface area contributed by atoms with Gasteiger partial charge < -0.3 is 20.7 Å². The van der Waals surface area contributed by atoms with Crippen LogP contribution in [0.25, 0.3) is 0 Å². The van der Waals surface area contributed by atoms with Crippen molar-refractivity contribution >= 4 is 11.8 Å². The molecule has 0 aromatic carbocycles. The van der Waals surface area contributed by atoms with Gasteiger partial charge in [-0.3, -0.25) is 9.59 Å². The van der Waals surface area contributed by atoms with Crippen molar-refractivity contribution in [2.45, 2.75) is 44.9 Å². The summed E-state index contributed by atoms with van der Waals surface area (Å²) in [6.07, 6.45) is 2.41. The molecule has 6 heteroatoms. The molecule has 108 valence electrons. The first-order valence-corrected chi connectivity index (χ1v) is 6.94. The summed E-state index contributed by atoms with van der Waals surface area (Å²) >= 11 is 0. The molecule has 2 saturated heterocycles. The highest BCUT2D eigenvalue weighted by Crippen LogP contribution is 2.25. The predicted molar refractivity (Wildman–Crippen MR) is 70.3 cm³/mol. The molecule has 2 unspecified atom stereocenters. The molecule has 2 aliphatic heterocycles. The number of carbonyl (C=O) groups is 2. The van der Waals surface area contributed by atoms with Crippen LogP contribution in [0.1, 0.15) is 26.7 Å². The Labute approximate surface area is 113 Å². The van der Waals surface area contributed by atoms with E-state index in [1.807, 2.05) is 13.8 Å². The molecule has 19 heavy (non-hydrogen) atoms. The first-order chi connectivity index (χ1) is 8.97. The number of nitrogens with zero attached hydrogens (tertiary/aromatic N) is 1. The molecule has 3 N–H and O–H groups in total. The standard InChI is InChI=1S/C13H23N3O3/c1-8(2)12(14)13(18)15-5-11(17)16-6-9-3-4-10(7-16)19-9/h8-10,12H,3-7,14H2,1-2H3,(H,15,18)/t9?,10?,12-/m0/s1. The van der Waals surface area contributed by atoms with Gasteiger partial charge in [0.2, 0.25) is 11.8 Å². The summed E-state index contributed by atoms with van der Waals surface area (Å²) in [5.74, 6) is -0.251. The van der Waals surface area contributed by atoms with Gasteiger partial charge in [0, 0.05) is 13.1 Å². The van der Waals surface area contributed by atoms with Crippen LogP contribution in [0.4, 0.5) is 0 Å². The second-order valence-electron chi connectivity index (χ2n) is 5.74. The highest BCUT2D eigenvalue weighted by atomic mass is 16.5. The maximum atomic E-state index is 12.0. The van der Waals surface area contributed by atoms with E-state index in [4.69, 9.17) is 10.5 Å². The lowest BCUT2D eigenvalue weighted by Gasteiger charge is -2.32. The van der Waals surface area contributed by atoms with Gasteiger partial charge in [-0.1, -0.05) is 13.8 Å². The van der Waals surface area contributed by atoms with Gasteiger partial charge in [0.05, 0.1) is 24.8 Å². The maximum Gasteiger partial charge on any atom is 0.242 e. The summed E-state index contributed by atoms with van der Waals surface area (Å²) in [5, 5.41) is 2.61. The Hall–Kier alpha value is -1.14. The summed E-state index contributed by atoms with van der Waals surface area (Å²) in [4.78, 5) is 25.5. The summed E-state index contributed by atoms with van der Waals surface area (Å²) in [6, 6.07) is -0.561. The lowest BCUT2D eigenvalue weighted by Crippen LogP contribution is -2.51. The van der Waals surface area contributed by atoms with E-state index in [0.717, 1.165) is 12.8 Å². The summed E-state index contributed by atoms with van der Waals surface area (Å²) in [6.45, 7) is 5.07. The SMILES string of the molecule is CC(C)[C@H](N)C(=O)NCC(=O)N1CC2CCC(C1)O2. The van der Waals surface area contributed by atoms with Gasteiger partial charge in [0.1, 0.15) is 0 Å². The van der Waals surface area contributed by atoms with Crippen LogP contribution in [0.15, 0.2) is 0 Å². The molecule has 0 aromatic heterocycles. The average Bonchev–Trinajstić information content (AvgIpc) is 2.73. The van der Waals surface area contributed by atoms with Crippen LogP contribution < -0.4 is 11.1 Å². The van der Waals surface area contributed by atoms with Crippen molar-refractivity contribution in [2.24, 2.45) is 11.7 Å². The lowest BCUT2D eigenvalue weighted by molar-refractivity contribution is -0.140. The molecule has 0 aromatic rings. The molecular weight excluding hydrogens is 246 g/mol. The van der Waals surface area contributed by atoms with Gasteiger partial charge in [-0.05, 0) is 18.8 Å². The molecule has 0 saturated carbocycles. The van der Waals surface area contributed by atoms with E-state index in [-0.39, 0.29) is 36.5 Å². The van der Waals surface area contributed by atoms with Crippen molar-refractivity contribution in [3.05, 3.63) is 0 Å². The number of hydrogen-bond acceptors (Lipinski definition) is 4. The molecule has 2 fully saturated rings. The van der Waals surface area contributed by atoms with Crippen molar-refractivity contribution in [1.82, 2.24) is 10.2 Å². The lowest BCUT2D eigenvalue weighted by atomic mass is 10.1. The van der Waals surface area contributed by atoms with Gasteiger partial charge in [0.15, 0.2) is 0 Å². The molecule has 2 heterocycles. The van der Waals surface area contributed by atoms with Crippen LogP contribution in [-0.2, 0) is 14.3 Å². The van der Waals surface area contributed by atoms with Gasteiger partial charge in [-0.2, -0.15) is 0 Å². The van der Waals surface area contributed by atoms with Crippen molar-refractivity contribution in [2.75, 3.05) is 19.6 Å². The second kappa shape index (κ2) is 5.88. The third kappa shape index (κ3) is 3.45. The predicted octanol–water partition coefficient (Wildman–Crippen LogP) is -0.524. The molecule has 2 bridgehead atoms. The summed E-state index contributed by atoms with van der Waals surface area (Å²) in [7, 11) is 0. The maximum absolute atomic E-state index is 12.0. The Morgan fingerprint density at radius 2 is 1.89 bits per heavy atom. The van der Waals surface area contributed by atoms with Crippen LogP contribution >= 0.6 is 0 Å². The largest absolute Gasteiger partial charge is 0.371 e. The zero-order chi connectivity index (χ0) is 14.0. The molecule has 2 rings (SSSR count). The zero-order valence-corrected chi connectivity index (χ0v) is 11.6. The first-order valence-electron chi connectivity index (χ1n) is 6.94. The monoisotopic (exact) mass is 269 g/mol. The van der Waals surface area contributed by atoms with Crippen molar-refractivity contribution in [3.8, 4) is 0 Å². The molecule has 3 atom stereocenters. The quantitative estimate of drug-likeness (QED) is 0.719. The normalized spacial score (nSPS) is 27.5. The van der Waals surface area contributed by atoms with E-state index in [2.05, 4.69) is 5.32 Å². The fourth-order valence-electron chi connectivity index (χ4n) is 2.51. The van der Waals surface area contributed by atoms with E-state index in [1.165, 1.54) is 0 Å². The van der Waals surface area contributed by atoms with Crippen molar-refractivity contribution < 1.29 is 14.3 Å². The Morgan fingerprint density at radius 3 is 2.42 bits per heavy atom. The van der Waals surface area contributed by atoms with Gasteiger partial charge in [-0.15, -0.1) is 0 Å². The third-order valence-electron chi connectivity index (χ3n) is 3.83. The minimum absolute atomic E-state index is 0.0265. The molecule has 2 aliphatic rings. The zero-order valence-electron chi connectivity index (χ0n) is 11.6. The van der Waals surface area contributed by atoms with E-state index < -0.39 is 6.04 Å². The van der Waals surface area contributed by atoms with Crippen LogP contribution in [0.3, 0.4) is 0 Å². The number of nitrogens with two attached hydrogens (primary N) is 1. The number of rotatable bonds is 4. The van der Waals surface area contributed by atoms with Crippen molar-refractivity contribution in [3.63, 3.8) is 0 Å². The molecular formula is C13H23N3O3. The van der Waals surface area contributed by atoms with Crippen LogP contribution in [0.2, 0.25) is 0 Å². The number of nitrogens with one attached hydrogen (secondary N) is 1. The highest BCUT2D eigenvalue weighted by molar-refractivity contribution is 5.87. The summed E-state index contributed by atoms with van der Waals surface area (Å²) < 4.78 is 5.67. The topological polar surface area (TPSA) is 84.7 Å². The van der Waals surface area contributed by atoms with Crippen molar-refractivity contribution in [1.29, 1.82) is 0 Å². The Bertz CT molecular complexity index is 347. The number of hydrogen-bond donors (Lipinski definition) is 2. The minimum Gasteiger partial charge on any atom is -0.371 e. The van der Waals surface area contributed by atoms with E-state index >= 15 is 0 Å². The number of fused-ring (bicyclic) bond motifs is 2. The Kier molecular flexibility index (Phi) is 4.42. The Morgan fingerprint density at radius 1 is 1.32 bits per heavy atom. The highest BCUT2D eigenvalue weighted by Gasteiger charge is 2.35. The van der Waals surface area contributed by atoms with Gasteiger partial charge in [-0.25, -0.2) is 0 Å². The molecule has 6 nitrogen and oxygen atoms in total. The van der Waals surface area contributed by atoms with E-state index in [0.29, 0.717) is 13.1 Å². The molecule has 2 amide bonds. The fourth-order valence-corrected chi connectivity index (χ4v) is 2.51. The number of amides is 2. The third-order valence-corrected chi connectivity index (χ3v) is 3.83. The Balaban J connectivity index is 1.77. The smallest absolute Gasteiger partial charge is 0.242 e. The van der Waals surface area contributed by atoms with Crippen LogP contribution in [0.5, 0.6) is 0 Å². The molecule has 0 aliphatic carbocycles. The van der Waals surface area contributed by atoms with Gasteiger partial charge in [0.25, 0.3) is 0 Å². The number of ether oxygens (including phenoxy) is 1. The van der Waals surface area contributed by atoms with E-state index in [1.54, 1.807) is 4.90 Å². The minimum atomic E-state index is -0.561. The summed E-state index contributed by atoms with van der Waals surface area (Å²) in [5.41, 5.74) is 5.72. The average molecular weight is 269 g/mol. The fraction of sp³-hybridized carbons (Fsp3) is 0.846. The van der Waals surface area contributed by atoms with Crippen LogP contribution in [0, 0.1) is 5.92 Å². The molecule has 0 radical (unpaired) electrons.